The Balaban J connectivity index is 2.00. The van der Waals surface area contributed by atoms with Gasteiger partial charge in [0.2, 0.25) is 0 Å². The molecule has 0 atom stereocenters. The molecule has 0 radical (unpaired) electrons. The van der Waals surface area contributed by atoms with Crippen molar-refractivity contribution in [2.75, 3.05) is 5.88 Å². The molecule has 1 aromatic heterocycles. The number of carbonyl (C=O) groups is 1. The number of nitrogens with one attached hydrogen (secondary N) is 1. The summed E-state index contributed by atoms with van der Waals surface area (Å²) in [7, 11) is 0. The average Bonchev–Trinajstić information content (AvgIpc) is 2.69. The van der Waals surface area contributed by atoms with Crippen LogP contribution in [0, 0.1) is 0 Å². The highest BCUT2D eigenvalue weighted by molar-refractivity contribution is 7.07. The molecule has 0 bridgehead atoms. The van der Waals surface area contributed by atoms with Crippen molar-refractivity contribution >= 4 is 28.8 Å². The van der Waals surface area contributed by atoms with Crippen LogP contribution in [0.2, 0.25) is 0 Å². The summed E-state index contributed by atoms with van der Waals surface area (Å²) in [6, 6.07) is 0. The van der Waals surface area contributed by atoms with Gasteiger partial charge in [-0.1, -0.05) is 0 Å². The summed E-state index contributed by atoms with van der Waals surface area (Å²) in [5.74, 6) is 0.377. The molecule has 1 saturated carbocycles. The third kappa shape index (κ3) is 1.84. The van der Waals surface area contributed by atoms with Crippen LogP contribution in [-0.2, 0) is 0 Å². The van der Waals surface area contributed by atoms with Crippen LogP contribution in [-0.4, -0.2) is 22.3 Å². The molecule has 1 aromatic rings. The van der Waals surface area contributed by atoms with Crippen molar-refractivity contribution in [1.82, 2.24) is 10.3 Å². The molecule has 1 heterocycles. The van der Waals surface area contributed by atoms with Gasteiger partial charge in [0.05, 0.1) is 11.0 Å². The normalized spacial score (nSPS) is 18.2. The highest BCUT2D eigenvalue weighted by Crippen LogP contribution is 2.36. The number of hydrogen-bond acceptors (Lipinski definition) is 3. The molecule has 0 spiro atoms. The van der Waals surface area contributed by atoms with Crippen molar-refractivity contribution in [3.8, 4) is 0 Å². The number of amides is 1. The van der Waals surface area contributed by atoms with E-state index in [-0.39, 0.29) is 11.4 Å². The second-order valence-electron chi connectivity index (χ2n) is 3.24. The van der Waals surface area contributed by atoms with E-state index in [0.29, 0.717) is 11.6 Å². The molecule has 3 nitrogen and oxygen atoms in total. The predicted octanol–water partition coefficient (Wildman–Crippen LogP) is 1.64. The summed E-state index contributed by atoms with van der Waals surface area (Å²) in [6.07, 6.45) is 1.96. The fourth-order valence-corrected chi connectivity index (χ4v) is 1.94. The lowest BCUT2D eigenvalue weighted by atomic mass is 10.3. The molecule has 2 rings (SSSR count). The van der Waals surface area contributed by atoms with Gasteiger partial charge in [-0.25, -0.2) is 4.98 Å². The summed E-state index contributed by atoms with van der Waals surface area (Å²) >= 11 is 7.15. The van der Waals surface area contributed by atoms with Crippen LogP contribution in [0.4, 0.5) is 0 Å². The van der Waals surface area contributed by atoms with Crippen molar-refractivity contribution in [2.24, 2.45) is 0 Å². The molecular formula is C8H9ClN2OS. The van der Waals surface area contributed by atoms with E-state index in [1.54, 1.807) is 10.9 Å². The molecule has 5 heteroatoms. The first-order valence-corrected chi connectivity index (χ1v) is 5.50. The molecule has 0 aromatic carbocycles. The third-order valence-corrected chi connectivity index (χ3v) is 3.25. The largest absolute Gasteiger partial charge is 0.344 e. The zero-order chi connectivity index (χ0) is 9.31. The number of alkyl halides is 1. The van der Waals surface area contributed by atoms with Gasteiger partial charge >= 0.3 is 0 Å². The van der Waals surface area contributed by atoms with Gasteiger partial charge in [0.25, 0.3) is 5.91 Å². The Labute approximate surface area is 85.1 Å². The highest BCUT2D eigenvalue weighted by atomic mass is 35.5. The minimum atomic E-state index is -0.137. The number of rotatable bonds is 3. The van der Waals surface area contributed by atoms with Gasteiger partial charge in [-0.05, 0) is 12.8 Å². The van der Waals surface area contributed by atoms with Gasteiger partial charge in [0.1, 0.15) is 5.69 Å². The van der Waals surface area contributed by atoms with E-state index in [1.807, 2.05) is 0 Å². The smallest absolute Gasteiger partial charge is 0.271 e. The number of hydrogen-bond donors (Lipinski definition) is 1. The number of halogens is 1. The summed E-state index contributed by atoms with van der Waals surface area (Å²) in [5, 5.41) is 4.63. The van der Waals surface area contributed by atoms with Crippen LogP contribution < -0.4 is 5.32 Å². The summed E-state index contributed by atoms with van der Waals surface area (Å²) in [4.78, 5) is 15.4. The highest BCUT2D eigenvalue weighted by Gasteiger charge is 2.43. The lowest BCUT2D eigenvalue weighted by Crippen LogP contribution is -2.38. The second-order valence-corrected chi connectivity index (χ2v) is 4.23. The van der Waals surface area contributed by atoms with E-state index >= 15 is 0 Å². The van der Waals surface area contributed by atoms with Crippen LogP contribution in [0.1, 0.15) is 23.3 Å². The quantitative estimate of drug-likeness (QED) is 0.781. The first-order valence-electron chi connectivity index (χ1n) is 4.02. The van der Waals surface area contributed by atoms with Crippen molar-refractivity contribution in [2.45, 2.75) is 18.4 Å². The molecule has 1 aliphatic rings. The van der Waals surface area contributed by atoms with E-state index in [1.165, 1.54) is 11.3 Å². The SMILES string of the molecule is O=C(NC1(CCl)CC1)c1cscn1. The standard InChI is InChI=1S/C8H9ClN2OS/c9-4-8(1-2-8)11-7(12)6-3-13-5-10-6/h3,5H,1-2,4H2,(H,11,12). The fourth-order valence-electron chi connectivity index (χ4n) is 1.07. The summed E-state index contributed by atoms with van der Waals surface area (Å²) in [5.41, 5.74) is 2.00. The van der Waals surface area contributed by atoms with Crippen LogP contribution in [0.25, 0.3) is 0 Å². The van der Waals surface area contributed by atoms with Gasteiger partial charge < -0.3 is 5.32 Å². The third-order valence-electron chi connectivity index (χ3n) is 2.15. The minimum Gasteiger partial charge on any atom is -0.344 e. The zero-order valence-corrected chi connectivity index (χ0v) is 8.49. The molecule has 0 aliphatic heterocycles. The Morgan fingerprint density at radius 3 is 3.00 bits per heavy atom. The number of thiazole rings is 1. The number of nitrogens with zero attached hydrogens (tertiary/aromatic N) is 1. The van der Waals surface area contributed by atoms with Crippen molar-refractivity contribution < 1.29 is 4.79 Å². The Morgan fingerprint density at radius 1 is 1.77 bits per heavy atom. The van der Waals surface area contributed by atoms with Gasteiger partial charge in [-0.2, -0.15) is 0 Å². The van der Waals surface area contributed by atoms with Gasteiger partial charge in [-0.3, -0.25) is 4.79 Å². The van der Waals surface area contributed by atoms with Gasteiger partial charge in [0, 0.05) is 11.3 Å². The lowest BCUT2D eigenvalue weighted by molar-refractivity contribution is 0.0931. The Morgan fingerprint density at radius 2 is 2.54 bits per heavy atom. The monoisotopic (exact) mass is 216 g/mol. The predicted molar refractivity (Wildman–Crippen MR) is 52.3 cm³/mol. The number of carbonyl (C=O) groups excluding carboxylic acids is 1. The van der Waals surface area contributed by atoms with E-state index in [9.17, 15) is 4.79 Å². The maximum Gasteiger partial charge on any atom is 0.271 e. The Hall–Kier alpha value is -0.610. The Bertz CT molecular complexity index is 308. The minimum absolute atomic E-state index is 0.112. The first-order chi connectivity index (χ1) is 6.26. The van der Waals surface area contributed by atoms with Gasteiger partial charge in [0.15, 0.2) is 0 Å². The molecule has 0 unspecified atom stereocenters. The second kappa shape index (κ2) is 3.27. The fraction of sp³-hybridized carbons (Fsp3) is 0.500. The maximum absolute atomic E-state index is 11.5. The molecule has 70 valence electrons. The maximum atomic E-state index is 11.5. The van der Waals surface area contributed by atoms with Crippen LogP contribution in [0.15, 0.2) is 10.9 Å². The lowest BCUT2D eigenvalue weighted by Gasteiger charge is -2.12. The van der Waals surface area contributed by atoms with E-state index in [0.717, 1.165) is 12.8 Å². The van der Waals surface area contributed by atoms with E-state index in [2.05, 4.69) is 10.3 Å². The van der Waals surface area contributed by atoms with Crippen LogP contribution in [0.5, 0.6) is 0 Å². The van der Waals surface area contributed by atoms with Crippen LogP contribution >= 0.6 is 22.9 Å². The zero-order valence-electron chi connectivity index (χ0n) is 6.92. The van der Waals surface area contributed by atoms with Crippen LogP contribution in [0.3, 0.4) is 0 Å². The first kappa shape index (κ1) is 8.97. The summed E-state index contributed by atoms with van der Waals surface area (Å²) in [6.45, 7) is 0. The average molecular weight is 217 g/mol. The molecule has 1 fully saturated rings. The molecule has 1 aliphatic carbocycles. The van der Waals surface area contributed by atoms with Crippen molar-refractivity contribution in [3.05, 3.63) is 16.6 Å². The molecule has 13 heavy (non-hydrogen) atoms. The topological polar surface area (TPSA) is 42.0 Å². The molecule has 1 amide bonds. The molecular weight excluding hydrogens is 208 g/mol. The van der Waals surface area contributed by atoms with E-state index < -0.39 is 0 Å². The van der Waals surface area contributed by atoms with E-state index in [4.69, 9.17) is 11.6 Å². The number of aromatic nitrogens is 1. The molecule has 1 N–H and O–H groups in total. The Kier molecular flexibility index (Phi) is 2.26. The molecule has 0 saturated heterocycles. The van der Waals surface area contributed by atoms with Gasteiger partial charge in [-0.15, -0.1) is 22.9 Å². The van der Waals surface area contributed by atoms with Crippen molar-refractivity contribution in [3.63, 3.8) is 0 Å². The van der Waals surface area contributed by atoms with Crippen molar-refractivity contribution in [1.29, 1.82) is 0 Å². The summed E-state index contributed by atoms with van der Waals surface area (Å²) < 4.78 is 0.